The van der Waals surface area contributed by atoms with Crippen LogP contribution in [0.1, 0.15) is 25.7 Å². The minimum absolute atomic E-state index is 0.0753. The Bertz CT molecular complexity index is 300. The maximum atomic E-state index is 12.0. The van der Waals surface area contributed by atoms with Crippen molar-refractivity contribution in [1.29, 1.82) is 0 Å². The quantitative estimate of drug-likeness (QED) is 0.743. The highest BCUT2D eigenvalue weighted by Crippen LogP contribution is 2.13. The first kappa shape index (κ1) is 12.4. The molecule has 2 rings (SSSR count). The third kappa shape index (κ3) is 2.77. The van der Waals surface area contributed by atoms with Gasteiger partial charge in [-0.1, -0.05) is 0 Å². The van der Waals surface area contributed by atoms with Crippen molar-refractivity contribution in [2.24, 2.45) is 0 Å². The first-order valence-electron chi connectivity index (χ1n) is 6.46. The molecule has 1 atom stereocenters. The van der Waals surface area contributed by atoms with E-state index >= 15 is 0 Å². The molecule has 2 aliphatic heterocycles. The number of likely N-dealkylation sites (tertiary alicyclic amines) is 2. The normalized spacial score (nSPS) is 25.5. The van der Waals surface area contributed by atoms with Crippen LogP contribution < -0.4 is 5.32 Å². The average Bonchev–Trinajstić information content (AvgIpc) is 2.85. The zero-order valence-electron chi connectivity index (χ0n) is 10.4. The van der Waals surface area contributed by atoms with Crippen LogP contribution in [0.25, 0.3) is 0 Å². The van der Waals surface area contributed by atoms with Gasteiger partial charge in [-0.05, 0) is 32.7 Å². The Balaban J connectivity index is 1.88. The molecule has 2 saturated heterocycles. The van der Waals surface area contributed by atoms with Gasteiger partial charge in [-0.15, -0.1) is 0 Å². The number of hydrogen-bond acceptors (Lipinski definition) is 3. The summed E-state index contributed by atoms with van der Waals surface area (Å²) in [6, 6.07) is -0.102. The Morgan fingerprint density at radius 2 is 2.00 bits per heavy atom. The second-order valence-corrected chi connectivity index (χ2v) is 4.83. The van der Waals surface area contributed by atoms with Crippen molar-refractivity contribution in [1.82, 2.24) is 15.1 Å². The van der Waals surface area contributed by atoms with Crippen molar-refractivity contribution < 1.29 is 9.59 Å². The molecule has 0 aromatic carbocycles. The van der Waals surface area contributed by atoms with Gasteiger partial charge in [0.05, 0.1) is 12.6 Å². The van der Waals surface area contributed by atoms with Gasteiger partial charge >= 0.3 is 0 Å². The number of nitrogens with one attached hydrogen (secondary N) is 1. The van der Waals surface area contributed by atoms with Gasteiger partial charge < -0.3 is 15.1 Å². The lowest BCUT2D eigenvalue weighted by molar-refractivity contribution is -0.142. The second-order valence-electron chi connectivity index (χ2n) is 4.83. The van der Waals surface area contributed by atoms with Crippen molar-refractivity contribution in [3.8, 4) is 0 Å². The van der Waals surface area contributed by atoms with E-state index in [0.717, 1.165) is 45.3 Å². The van der Waals surface area contributed by atoms with Crippen LogP contribution in [0.5, 0.6) is 0 Å². The fourth-order valence-corrected chi connectivity index (χ4v) is 2.59. The lowest BCUT2D eigenvalue weighted by atomic mass is 10.1. The lowest BCUT2D eigenvalue weighted by Gasteiger charge is -2.32. The highest BCUT2D eigenvalue weighted by Gasteiger charge is 2.30. The van der Waals surface area contributed by atoms with Gasteiger partial charge in [0.15, 0.2) is 0 Å². The Morgan fingerprint density at radius 3 is 2.65 bits per heavy atom. The number of amides is 2. The number of carbonyl (C=O) groups is 2. The van der Waals surface area contributed by atoms with E-state index in [1.807, 2.05) is 4.90 Å². The topological polar surface area (TPSA) is 52.7 Å². The van der Waals surface area contributed by atoms with Crippen molar-refractivity contribution in [3.63, 3.8) is 0 Å². The molecule has 96 valence electrons. The summed E-state index contributed by atoms with van der Waals surface area (Å²) >= 11 is 0. The van der Waals surface area contributed by atoms with Crippen LogP contribution >= 0.6 is 0 Å². The monoisotopic (exact) mass is 239 g/mol. The van der Waals surface area contributed by atoms with Gasteiger partial charge in [0, 0.05) is 19.6 Å². The Kier molecular flexibility index (Phi) is 3.99. The minimum atomic E-state index is -0.102. The summed E-state index contributed by atoms with van der Waals surface area (Å²) in [5, 5.41) is 3.01. The van der Waals surface area contributed by atoms with E-state index in [2.05, 4.69) is 5.32 Å². The largest absolute Gasteiger partial charge is 0.341 e. The SMILES string of the molecule is CNC1CCCN(CC(=O)N2CCCC2)C1=O. The van der Waals surface area contributed by atoms with E-state index in [9.17, 15) is 9.59 Å². The van der Waals surface area contributed by atoms with Gasteiger partial charge in [0.25, 0.3) is 0 Å². The highest BCUT2D eigenvalue weighted by atomic mass is 16.2. The van der Waals surface area contributed by atoms with Crippen LogP contribution in [0.15, 0.2) is 0 Å². The van der Waals surface area contributed by atoms with Crippen LogP contribution in [0.4, 0.5) is 0 Å². The number of hydrogen-bond donors (Lipinski definition) is 1. The van der Waals surface area contributed by atoms with Gasteiger partial charge in [0.1, 0.15) is 0 Å². The molecular weight excluding hydrogens is 218 g/mol. The van der Waals surface area contributed by atoms with E-state index in [-0.39, 0.29) is 24.4 Å². The molecule has 0 saturated carbocycles. The molecule has 2 heterocycles. The van der Waals surface area contributed by atoms with Gasteiger partial charge in [0.2, 0.25) is 11.8 Å². The van der Waals surface area contributed by atoms with Crippen LogP contribution in [0.2, 0.25) is 0 Å². The van der Waals surface area contributed by atoms with Gasteiger partial charge in [-0.25, -0.2) is 0 Å². The fourth-order valence-electron chi connectivity index (χ4n) is 2.59. The molecule has 5 heteroatoms. The molecule has 0 spiro atoms. The van der Waals surface area contributed by atoms with Crippen molar-refractivity contribution in [2.45, 2.75) is 31.7 Å². The molecule has 0 radical (unpaired) electrons. The van der Waals surface area contributed by atoms with E-state index in [0.29, 0.717) is 0 Å². The zero-order chi connectivity index (χ0) is 12.3. The van der Waals surface area contributed by atoms with Gasteiger partial charge in [-0.2, -0.15) is 0 Å². The molecule has 1 N–H and O–H groups in total. The maximum absolute atomic E-state index is 12.0. The molecule has 0 aromatic rings. The number of likely N-dealkylation sites (N-methyl/N-ethyl adjacent to an activating group) is 1. The first-order valence-corrected chi connectivity index (χ1v) is 6.46. The summed E-state index contributed by atoms with van der Waals surface area (Å²) in [5.41, 5.74) is 0. The lowest BCUT2D eigenvalue weighted by Crippen LogP contribution is -2.52. The molecule has 5 nitrogen and oxygen atoms in total. The summed E-state index contributed by atoms with van der Waals surface area (Å²) < 4.78 is 0. The third-order valence-corrected chi connectivity index (χ3v) is 3.66. The summed E-state index contributed by atoms with van der Waals surface area (Å²) in [6.45, 7) is 2.69. The number of carbonyl (C=O) groups excluding carboxylic acids is 2. The maximum Gasteiger partial charge on any atom is 0.242 e. The Labute approximate surface area is 102 Å². The van der Waals surface area contributed by atoms with Crippen LogP contribution in [-0.4, -0.2) is 60.9 Å². The average molecular weight is 239 g/mol. The molecule has 0 aromatic heterocycles. The Morgan fingerprint density at radius 1 is 1.29 bits per heavy atom. The molecular formula is C12H21N3O2. The van der Waals surface area contributed by atoms with Crippen molar-refractivity contribution in [2.75, 3.05) is 33.2 Å². The predicted molar refractivity (Wildman–Crippen MR) is 64.5 cm³/mol. The molecule has 2 fully saturated rings. The minimum Gasteiger partial charge on any atom is -0.341 e. The summed E-state index contributed by atoms with van der Waals surface area (Å²) in [5.74, 6) is 0.180. The van der Waals surface area contributed by atoms with Crippen molar-refractivity contribution in [3.05, 3.63) is 0 Å². The van der Waals surface area contributed by atoms with E-state index in [1.165, 1.54) is 0 Å². The first-order chi connectivity index (χ1) is 8.22. The van der Waals surface area contributed by atoms with E-state index in [4.69, 9.17) is 0 Å². The van der Waals surface area contributed by atoms with Gasteiger partial charge in [-0.3, -0.25) is 9.59 Å². The number of rotatable bonds is 3. The molecule has 0 aliphatic carbocycles. The molecule has 2 aliphatic rings. The Hall–Kier alpha value is -1.10. The predicted octanol–water partition coefficient (Wildman–Crippen LogP) is -0.181. The summed E-state index contributed by atoms with van der Waals surface area (Å²) in [6.07, 6.45) is 4.05. The van der Waals surface area contributed by atoms with Crippen LogP contribution in [0.3, 0.4) is 0 Å². The highest BCUT2D eigenvalue weighted by molar-refractivity contribution is 5.88. The second kappa shape index (κ2) is 5.49. The molecule has 17 heavy (non-hydrogen) atoms. The molecule has 0 bridgehead atoms. The van der Waals surface area contributed by atoms with E-state index in [1.54, 1.807) is 11.9 Å². The summed E-state index contributed by atoms with van der Waals surface area (Å²) in [7, 11) is 1.80. The van der Waals surface area contributed by atoms with E-state index < -0.39 is 0 Å². The smallest absolute Gasteiger partial charge is 0.242 e. The molecule has 1 unspecified atom stereocenters. The number of piperidine rings is 1. The molecule has 2 amide bonds. The number of nitrogens with zero attached hydrogens (tertiary/aromatic N) is 2. The van der Waals surface area contributed by atoms with Crippen LogP contribution in [0, 0.1) is 0 Å². The fraction of sp³-hybridized carbons (Fsp3) is 0.833. The van der Waals surface area contributed by atoms with Crippen LogP contribution in [-0.2, 0) is 9.59 Å². The van der Waals surface area contributed by atoms with Crippen molar-refractivity contribution >= 4 is 11.8 Å². The summed E-state index contributed by atoms with van der Waals surface area (Å²) in [4.78, 5) is 27.5. The standard InChI is InChI=1S/C12H21N3O2/c1-13-10-5-4-8-15(12(10)17)9-11(16)14-6-2-3-7-14/h10,13H,2-9H2,1H3. The third-order valence-electron chi connectivity index (χ3n) is 3.66. The zero-order valence-corrected chi connectivity index (χ0v) is 10.4.